The molecule has 0 radical (unpaired) electrons. The van der Waals surface area contributed by atoms with E-state index in [9.17, 15) is 0 Å². The highest BCUT2D eigenvalue weighted by atomic mass is 16.3. The Kier molecular flexibility index (Phi) is 7.04. The first-order chi connectivity index (χ1) is 28.5. The average Bonchev–Trinajstić information content (AvgIpc) is 3.77. The molecule has 0 saturated heterocycles. The van der Waals surface area contributed by atoms with Gasteiger partial charge in [-0.2, -0.15) is 0 Å². The largest absolute Gasteiger partial charge is 0.455 e. The molecule has 1 aromatic heterocycles. The summed E-state index contributed by atoms with van der Waals surface area (Å²) in [5, 5.41) is 9.84. The number of hydrogen-bond donors (Lipinski definition) is 0. The molecule has 0 fully saturated rings. The van der Waals surface area contributed by atoms with E-state index < -0.39 is 0 Å². The summed E-state index contributed by atoms with van der Waals surface area (Å²) in [6.07, 6.45) is 0. The van der Waals surface area contributed by atoms with Crippen LogP contribution in [-0.2, 0) is 5.41 Å². The van der Waals surface area contributed by atoms with Gasteiger partial charge in [0.2, 0.25) is 0 Å². The van der Waals surface area contributed by atoms with Gasteiger partial charge in [0.25, 0.3) is 0 Å². The Morgan fingerprint density at radius 1 is 0.328 bits per heavy atom. The molecule has 0 aliphatic heterocycles. The van der Waals surface area contributed by atoms with Crippen LogP contribution in [0.1, 0.15) is 25.0 Å². The van der Waals surface area contributed by atoms with Gasteiger partial charge >= 0.3 is 0 Å². The first-order valence-electron chi connectivity index (χ1n) is 20.3. The van der Waals surface area contributed by atoms with E-state index in [1.807, 2.05) is 6.07 Å². The van der Waals surface area contributed by atoms with Crippen molar-refractivity contribution in [3.63, 3.8) is 0 Å². The summed E-state index contributed by atoms with van der Waals surface area (Å²) in [6, 6.07) is 71.3. The predicted octanol–water partition coefficient (Wildman–Crippen LogP) is 16.0. The van der Waals surface area contributed by atoms with Gasteiger partial charge in [-0.3, -0.25) is 0 Å². The van der Waals surface area contributed by atoms with Crippen molar-refractivity contribution >= 4 is 54.3 Å². The summed E-state index contributed by atoms with van der Waals surface area (Å²) in [5.41, 5.74) is 16.9. The van der Waals surface area contributed by atoms with Crippen LogP contribution in [0.3, 0.4) is 0 Å². The van der Waals surface area contributed by atoms with Gasteiger partial charge in [0.15, 0.2) is 0 Å². The van der Waals surface area contributed by atoms with Gasteiger partial charge in [0, 0.05) is 21.8 Å². The first kappa shape index (κ1) is 33.0. The quantitative estimate of drug-likeness (QED) is 0.164. The summed E-state index contributed by atoms with van der Waals surface area (Å²) in [5.74, 6) is 0. The van der Waals surface area contributed by atoms with E-state index in [4.69, 9.17) is 4.42 Å². The molecule has 10 aromatic carbocycles. The molecule has 58 heavy (non-hydrogen) atoms. The smallest absolute Gasteiger partial charge is 0.143 e. The Morgan fingerprint density at radius 2 is 0.862 bits per heavy atom. The number of hydrogen-bond acceptors (Lipinski definition) is 1. The molecular weight excluding hydrogens is 701 g/mol. The molecule has 1 heterocycles. The molecule has 1 aliphatic carbocycles. The summed E-state index contributed by atoms with van der Waals surface area (Å²) in [7, 11) is 0. The fourth-order valence-electron chi connectivity index (χ4n) is 10.2. The van der Waals surface area contributed by atoms with Crippen molar-refractivity contribution in [1.29, 1.82) is 0 Å². The van der Waals surface area contributed by atoms with Crippen molar-refractivity contribution in [3.8, 4) is 55.6 Å². The molecule has 272 valence electrons. The van der Waals surface area contributed by atoms with Crippen LogP contribution >= 0.6 is 0 Å². The molecule has 0 bridgehead atoms. The van der Waals surface area contributed by atoms with E-state index in [1.54, 1.807) is 0 Å². The topological polar surface area (TPSA) is 13.1 Å². The zero-order valence-electron chi connectivity index (χ0n) is 32.4. The zero-order valence-corrected chi connectivity index (χ0v) is 32.4. The van der Waals surface area contributed by atoms with E-state index in [1.165, 1.54) is 88.0 Å². The lowest BCUT2D eigenvalue weighted by Gasteiger charge is -2.21. The van der Waals surface area contributed by atoms with Crippen molar-refractivity contribution in [2.45, 2.75) is 19.3 Å². The molecule has 0 N–H and O–H groups in total. The maximum Gasteiger partial charge on any atom is 0.143 e. The Morgan fingerprint density at radius 3 is 1.60 bits per heavy atom. The monoisotopic (exact) mass is 738 g/mol. The van der Waals surface area contributed by atoms with Crippen LogP contribution in [0, 0.1) is 0 Å². The van der Waals surface area contributed by atoms with Crippen molar-refractivity contribution < 1.29 is 4.42 Å². The summed E-state index contributed by atoms with van der Waals surface area (Å²) < 4.78 is 6.59. The summed E-state index contributed by atoms with van der Waals surface area (Å²) in [4.78, 5) is 0. The summed E-state index contributed by atoms with van der Waals surface area (Å²) in [6.45, 7) is 4.72. The molecule has 11 aromatic rings. The molecule has 0 saturated carbocycles. The number of benzene rings is 10. The van der Waals surface area contributed by atoms with Crippen molar-refractivity contribution in [2.24, 2.45) is 0 Å². The van der Waals surface area contributed by atoms with Gasteiger partial charge in [-0.25, -0.2) is 0 Å². The zero-order chi connectivity index (χ0) is 38.5. The molecular formula is C57H38O. The van der Waals surface area contributed by atoms with Gasteiger partial charge in [0.1, 0.15) is 11.2 Å². The minimum absolute atomic E-state index is 0.0490. The Labute approximate surface area is 337 Å². The van der Waals surface area contributed by atoms with Crippen LogP contribution < -0.4 is 0 Å². The molecule has 0 spiro atoms. The third-order valence-electron chi connectivity index (χ3n) is 12.9. The fraction of sp³-hybridized carbons (Fsp3) is 0.0526. The van der Waals surface area contributed by atoms with E-state index in [-0.39, 0.29) is 5.41 Å². The third-order valence-corrected chi connectivity index (χ3v) is 12.9. The maximum absolute atomic E-state index is 6.59. The van der Waals surface area contributed by atoms with E-state index in [0.717, 1.165) is 33.1 Å². The first-order valence-corrected chi connectivity index (χ1v) is 20.3. The lowest BCUT2D eigenvalue weighted by Crippen LogP contribution is -2.14. The molecule has 1 nitrogen and oxygen atoms in total. The lowest BCUT2D eigenvalue weighted by atomic mass is 9.82. The maximum atomic E-state index is 6.59. The van der Waals surface area contributed by atoms with Crippen LogP contribution in [-0.4, -0.2) is 0 Å². The van der Waals surface area contributed by atoms with Gasteiger partial charge in [-0.05, 0) is 106 Å². The van der Waals surface area contributed by atoms with Gasteiger partial charge < -0.3 is 4.42 Å². The van der Waals surface area contributed by atoms with Gasteiger partial charge in [-0.15, -0.1) is 0 Å². The van der Waals surface area contributed by atoms with Crippen LogP contribution in [0.15, 0.2) is 199 Å². The third kappa shape index (κ3) is 4.71. The Bertz CT molecular complexity index is 3410. The second-order valence-electron chi connectivity index (χ2n) is 16.3. The average molecular weight is 739 g/mol. The van der Waals surface area contributed by atoms with Gasteiger partial charge in [-0.1, -0.05) is 196 Å². The molecule has 0 unspecified atom stereocenters. The van der Waals surface area contributed by atoms with Gasteiger partial charge in [0.05, 0.1) is 0 Å². The van der Waals surface area contributed by atoms with E-state index in [0.29, 0.717) is 0 Å². The standard InChI is InChI=1S/C57H38O/c1-57(2)50-32-31-38(34-49(50)55-39-15-4-3-14-36(39)30-33-51(55)57)35-26-28-37(29-27-35)53-43-19-7-9-21-45(43)54(46-22-10-8-20-44(46)53)42-18-6-5-16-40(42)47-23-13-24-48-41-17-11-12-25-52(41)58-56(47)48/h3-34H,1-2H3. The molecule has 1 aliphatic rings. The van der Waals surface area contributed by atoms with Crippen LogP contribution in [0.4, 0.5) is 0 Å². The van der Waals surface area contributed by atoms with Crippen molar-refractivity contribution in [2.75, 3.05) is 0 Å². The highest BCUT2D eigenvalue weighted by Gasteiger charge is 2.36. The van der Waals surface area contributed by atoms with Crippen molar-refractivity contribution in [1.82, 2.24) is 0 Å². The Hall–Kier alpha value is -7.22. The number of fused-ring (bicyclic) bond motifs is 10. The molecule has 12 rings (SSSR count). The highest BCUT2D eigenvalue weighted by Crippen LogP contribution is 2.53. The highest BCUT2D eigenvalue weighted by molar-refractivity contribution is 6.23. The summed E-state index contributed by atoms with van der Waals surface area (Å²) >= 11 is 0. The predicted molar refractivity (Wildman–Crippen MR) is 246 cm³/mol. The lowest BCUT2D eigenvalue weighted by molar-refractivity contribution is 0.661. The van der Waals surface area contributed by atoms with Crippen LogP contribution in [0.25, 0.3) is 110 Å². The number of rotatable bonds is 4. The van der Waals surface area contributed by atoms with Crippen LogP contribution in [0.2, 0.25) is 0 Å². The molecule has 1 heteroatoms. The normalized spacial score (nSPS) is 13.1. The minimum Gasteiger partial charge on any atom is -0.455 e. The van der Waals surface area contributed by atoms with Crippen molar-refractivity contribution in [3.05, 3.63) is 205 Å². The van der Waals surface area contributed by atoms with E-state index >= 15 is 0 Å². The minimum atomic E-state index is -0.0490. The van der Waals surface area contributed by atoms with Crippen LogP contribution in [0.5, 0.6) is 0 Å². The fourth-order valence-corrected chi connectivity index (χ4v) is 10.2. The molecule has 0 amide bonds. The molecule has 0 atom stereocenters. The second kappa shape index (κ2) is 12.4. The Balaban J connectivity index is 1.02. The second-order valence-corrected chi connectivity index (χ2v) is 16.3. The SMILES string of the molecule is CC1(C)c2ccc(-c3ccc(-c4c5ccccc5c(-c5ccccc5-c5cccc6c5oc5ccccc56)c5ccccc45)cc3)cc2-c2c1ccc1ccccc21. The number of furan rings is 1. The van der Waals surface area contributed by atoms with E-state index in [2.05, 4.69) is 202 Å². The number of para-hydroxylation sites is 2.